The van der Waals surface area contributed by atoms with E-state index in [1.807, 2.05) is 12.1 Å². The van der Waals surface area contributed by atoms with Crippen LogP contribution < -0.4 is 0 Å². The van der Waals surface area contributed by atoms with Gasteiger partial charge in [-0.15, -0.1) is 11.3 Å². The lowest BCUT2D eigenvalue weighted by Crippen LogP contribution is -1.90. The van der Waals surface area contributed by atoms with E-state index in [4.69, 9.17) is 0 Å². The Morgan fingerprint density at radius 1 is 1.39 bits per heavy atom. The average Bonchev–Trinajstić information content (AvgIpc) is 2.74. The van der Waals surface area contributed by atoms with E-state index in [0.717, 1.165) is 8.66 Å². The molecule has 0 radical (unpaired) electrons. The average molecular weight is 325 g/mol. The van der Waals surface area contributed by atoms with Crippen molar-refractivity contribution < 1.29 is 4.92 Å². The number of nitrogens with zero attached hydrogens (tertiary/aromatic N) is 2. The van der Waals surface area contributed by atoms with Crippen LogP contribution in [0.15, 0.2) is 39.1 Å². The van der Waals surface area contributed by atoms with Crippen molar-refractivity contribution in [2.75, 3.05) is 0 Å². The minimum atomic E-state index is -0.393. The van der Waals surface area contributed by atoms with E-state index in [9.17, 15) is 10.1 Å². The van der Waals surface area contributed by atoms with Gasteiger partial charge in [0.1, 0.15) is 0 Å². The van der Waals surface area contributed by atoms with E-state index in [0.29, 0.717) is 11.3 Å². The van der Waals surface area contributed by atoms with Gasteiger partial charge in [-0.05, 0) is 41.1 Å². The summed E-state index contributed by atoms with van der Waals surface area (Å²) in [7, 11) is 0. The Balaban J connectivity index is 2.27. The Kier molecular flexibility index (Phi) is 3.88. The molecule has 1 aromatic carbocycles. The Morgan fingerprint density at radius 2 is 2.17 bits per heavy atom. The summed E-state index contributed by atoms with van der Waals surface area (Å²) >= 11 is 4.92. The first kappa shape index (κ1) is 12.9. The molecule has 0 aliphatic rings. The first-order valence-electron chi connectivity index (χ1n) is 5.11. The summed E-state index contributed by atoms with van der Waals surface area (Å²) in [6.07, 6.45) is 1.70. The van der Waals surface area contributed by atoms with Gasteiger partial charge in [-0.3, -0.25) is 15.1 Å². The number of hydrogen-bond donors (Lipinski definition) is 0. The zero-order chi connectivity index (χ0) is 13.1. The molecule has 2 aromatic rings. The van der Waals surface area contributed by atoms with Crippen LogP contribution in [-0.4, -0.2) is 11.1 Å². The number of rotatable bonds is 3. The monoisotopic (exact) mass is 324 g/mol. The molecule has 2 rings (SSSR count). The van der Waals surface area contributed by atoms with Crippen molar-refractivity contribution in [1.82, 2.24) is 0 Å². The summed E-state index contributed by atoms with van der Waals surface area (Å²) in [5.41, 5.74) is 1.31. The fourth-order valence-electron chi connectivity index (χ4n) is 1.41. The smallest absolute Gasteiger partial charge is 0.258 e. The molecule has 0 saturated carbocycles. The number of aliphatic imine (C=N–C) groups is 1. The highest BCUT2D eigenvalue weighted by atomic mass is 79.9. The van der Waals surface area contributed by atoms with Gasteiger partial charge in [-0.1, -0.05) is 6.07 Å². The van der Waals surface area contributed by atoms with E-state index >= 15 is 0 Å². The van der Waals surface area contributed by atoms with Crippen LogP contribution >= 0.6 is 27.3 Å². The highest BCUT2D eigenvalue weighted by Crippen LogP contribution is 2.25. The minimum absolute atomic E-state index is 0.0945. The van der Waals surface area contributed by atoms with E-state index in [-0.39, 0.29) is 5.69 Å². The molecule has 1 aromatic heterocycles. The van der Waals surface area contributed by atoms with Gasteiger partial charge >= 0.3 is 0 Å². The van der Waals surface area contributed by atoms with Crippen LogP contribution in [0.25, 0.3) is 0 Å². The maximum absolute atomic E-state index is 10.8. The Bertz CT molecular complexity index is 622. The summed E-state index contributed by atoms with van der Waals surface area (Å²) in [6, 6.07) is 8.82. The first-order chi connectivity index (χ1) is 8.56. The minimum Gasteiger partial charge on any atom is -0.258 e. The zero-order valence-corrected chi connectivity index (χ0v) is 11.9. The van der Waals surface area contributed by atoms with Crippen molar-refractivity contribution in [3.8, 4) is 0 Å². The zero-order valence-electron chi connectivity index (χ0n) is 9.46. The topological polar surface area (TPSA) is 55.5 Å². The molecule has 0 bridgehead atoms. The highest BCUT2D eigenvalue weighted by Gasteiger charge is 2.10. The van der Waals surface area contributed by atoms with Crippen molar-refractivity contribution in [3.63, 3.8) is 0 Å². The maximum atomic E-state index is 10.8. The molecule has 0 aliphatic carbocycles. The van der Waals surface area contributed by atoms with Gasteiger partial charge in [-0.2, -0.15) is 0 Å². The normalized spacial score (nSPS) is 11.0. The van der Waals surface area contributed by atoms with Gasteiger partial charge in [-0.25, -0.2) is 0 Å². The molecular formula is C12H9BrN2O2S. The van der Waals surface area contributed by atoms with Gasteiger partial charge in [0.2, 0.25) is 0 Å². The van der Waals surface area contributed by atoms with Crippen molar-refractivity contribution in [2.45, 2.75) is 6.92 Å². The van der Waals surface area contributed by atoms with Crippen LogP contribution in [0.5, 0.6) is 0 Å². The summed E-state index contributed by atoms with van der Waals surface area (Å²) in [5, 5.41) is 10.8. The first-order valence-corrected chi connectivity index (χ1v) is 6.71. The quantitative estimate of drug-likeness (QED) is 0.475. The van der Waals surface area contributed by atoms with Crippen LogP contribution in [-0.2, 0) is 0 Å². The molecule has 92 valence electrons. The predicted molar refractivity (Wildman–Crippen MR) is 77.1 cm³/mol. The molecule has 18 heavy (non-hydrogen) atoms. The Morgan fingerprint density at radius 3 is 2.78 bits per heavy atom. The molecule has 0 atom stereocenters. The van der Waals surface area contributed by atoms with Gasteiger partial charge in [0.05, 0.1) is 14.4 Å². The van der Waals surface area contributed by atoms with E-state index in [2.05, 4.69) is 20.9 Å². The standard InChI is InChI=1S/C12H9BrN2O2S/c1-8-2-3-9(6-11(8)15(16)17)14-7-10-4-5-12(13)18-10/h2-7H,1H3. The molecule has 1 heterocycles. The fourth-order valence-corrected chi connectivity index (χ4v) is 2.71. The number of thiophene rings is 1. The Hall–Kier alpha value is -1.53. The van der Waals surface area contributed by atoms with Crippen LogP contribution in [0.4, 0.5) is 11.4 Å². The summed E-state index contributed by atoms with van der Waals surface area (Å²) in [4.78, 5) is 15.6. The molecule has 0 saturated heterocycles. The van der Waals surface area contributed by atoms with E-state index in [1.165, 1.54) is 6.07 Å². The van der Waals surface area contributed by atoms with Crippen LogP contribution in [0.2, 0.25) is 0 Å². The molecule has 6 heteroatoms. The second-order valence-corrected chi connectivity index (χ2v) is 6.12. The number of nitro benzene ring substituents is 1. The SMILES string of the molecule is Cc1ccc(N=Cc2ccc(Br)s2)cc1[N+](=O)[O-]. The van der Waals surface area contributed by atoms with Crippen LogP contribution in [0, 0.1) is 17.0 Å². The predicted octanol–water partition coefficient (Wildman–Crippen LogP) is 4.48. The fraction of sp³-hybridized carbons (Fsp3) is 0.0833. The van der Waals surface area contributed by atoms with Crippen molar-refractivity contribution in [3.05, 3.63) is 54.7 Å². The Labute approximate surface area is 116 Å². The summed E-state index contributed by atoms with van der Waals surface area (Å²) < 4.78 is 1.03. The molecule has 0 fully saturated rings. The molecular weight excluding hydrogens is 316 g/mol. The molecule has 0 unspecified atom stereocenters. The van der Waals surface area contributed by atoms with Gasteiger partial charge < -0.3 is 0 Å². The lowest BCUT2D eigenvalue weighted by atomic mass is 10.2. The lowest BCUT2D eigenvalue weighted by Gasteiger charge is -1.97. The number of hydrogen-bond acceptors (Lipinski definition) is 4. The number of aryl methyl sites for hydroxylation is 1. The second-order valence-electron chi connectivity index (χ2n) is 3.63. The number of benzene rings is 1. The van der Waals surface area contributed by atoms with E-state index in [1.54, 1.807) is 36.6 Å². The molecule has 4 nitrogen and oxygen atoms in total. The van der Waals surface area contributed by atoms with Crippen molar-refractivity contribution >= 4 is 44.9 Å². The van der Waals surface area contributed by atoms with Crippen LogP contribution in [0.3, 0.4) is 0 Å². The van der Waals surface area contributed by atoms with Crippen molar-refractivity contribution in [1.29, 1.82) is 0 Å². The maximum Gasteiger partial charge on any atom is 0.274 e. The van der Waals surface area contributed by atoms with Crippen LogP contribution in [0.1, 0.15) is 10.4 Å². The number of halogens is 1. The highest BCUT2D eigenvalue weighted by molar-refractivity contribution is 9.11. The van der Waals surface area contributed by atoms with Gasteiger partial charge in [0.15, 0.2) is 0 Å². The van der Waals surface area contributed by atoms with E-state index < -0.39 is 4.92 Å². The second kappa shape index (κ2) is 5.41. The molecule has 0 spiro atoms. The van der Waals surface area contributed by atoms with Gasteiger partial charge in [0, 0.05) is 22.7 Å². The third kappa shape index (κ3) is 3.02. The summed E-state index contributed by atoms with van der Waals surface area (Å²) in [5.74, 6) is 0. The molecule has 0 amide bonds. The largest absolute Gasteiger partial charge is 0.274 e. The van der Waals surface area contributed by atoms with Gasteiger partial charge in [0.25, 0.3) is 5.69 Å². The van der Waals surface area contributed by atoms with Crippen molar-refractivity contribution in [2.24, 2.45) is 4.99 Å². The molecule has 0 aliphatic heterocycles. The lowest BCUT2D eigenvalue weighted by molar-refractivity contribution is -0.385. The number of nitro groups is 1. The third-order valence-electron chi connectivity index (χ3n) is 2.32. The summed E-state index contributed by atoms with van der Waals surface area (Å²) in [6.45, 7) is 1.71. The molecule has 0 N–H and O–H groups in total. The third-order valence-corrected chi connectivity index (χ3v) is 3.88.